The van der Waals surface area contributed by atoms with Gasteiger partial charge in [-0.25, -0.2) is 4.79 Å². The molecule has 18 heavy (non-hydrogen) atoms. The average Bonchev–Trinajstić information content (AvgIpc) is 2.36. The predicted molar refractivity (Wildman–Crippen MR) is 74.3 cm³/mol. The molecule has 0 aliphatic heterocycles. The van der Waals surface area contributed by atoms with Crippen LogP contribution in [0, 0.1) is 0 Å². The van der Waals surface area contributed by atoms with Gasteiger partial charge < -0.3 is 9.47 Å². The van der Waals surface area contributed by atoms with Crippen LogP contribution >= 0.6 is 15.9 Å². The van der Waals surface area contributed by atoms with Gasteiger partial charge in [-0.15, -0.1) is 0 Å². The molecule has 4 heteroatoms. The largest absolute Gasteiger partial charge is 0.464 e. The summed E-state index contributed by atoms with van der Waals surface area (Å²) in [6.45, 7) is 4.64. The molecule has 0 aliphatic carbocycles. The standard InChI is InChI=1S/C14H19BrO3/c1-3-5-13(14(16)17-4-2)18-10-11-6-8-12(15)9-7-11/h6-9,13H,3-5,10H2,1-2H3. The van der Waals surface area contributed by atoms with Gasteiger partial charge in [0.25, 0.3) is 0 Å². The highest BCUT2D eigenvalue weighted by atomic mass is 79.9. The van der Waals surface area contributed by atoms with E-state index in [1.54, 1.807) is 6.92 Å². The molecule has 3 nitrogen and oxygen atoms in total. The number of hydrogen-bond donors (Lipinski definition) is 0. The number of esters is 1. The Morgan fingerprint density at radius 3 is 2.50 bits per heavy atom. The van der Waals surface area contributed by atoms with Crippen molar-refractivity contribution in [1.82, 2.24) is 0 Å². The number of carbonyl (C=O) groups is 1. The molecule has 1 aromatic carbocycles. The molecule has 1 unspecified atom stereocenters. The van der Waals surface area contributed by atoms with Crippen molar-refractivity contribution < 1.29 is 14.3 Å². The fourth-order valence-electron chi connectivity index (χ4n) is 1.54. The van der Waals surface area contributed by atoms with Crippen LogP contribution in [-0.2, 0) is 20.9 Å². The summed E-state index contributed by atoms with van der Waals surface area (Å²) < 4.78 is 11.7. The summed E-state index contributed by atoms with van der Waals surface area (Å²) in [5.41, 5.74) is 1.05. The molecule has 0 aliphatic rings. The molecule has 0 saturated heterocycles. The lowest BCUT2D eigenvalue weighted by atomic mass is 10.2. The quantitative estimate of drug-likeness (QED) is 0.720. The van der Waals surface area contributed by atoms with Gasteiger partial charge in [0.2, 0.25) is 0 Å². The molecule has 0 bridgehead atoms. The lowest BCUT2D eigenvalue weighted by molar-refractivity contribution is -0.158. The van der Waals surface area contributed by atoms with E-state index in [9.17, 15) is 4.79 Å². The highest BCUT2D eigenvalue weighted by Crippen LogP contribution is 2.13. The van der Waals surface area contributed by atoms with Crippen molar-refractivity contribution in [1.29, 1.82) is 0 Å². The maximum Gasteiger partial charge on any atom is 0.335 e. The lowest BCUT2D eigenvalue weighted by Gasteiger charge is -2.15. The smallest absolute Gasteiger partial charge is 0.335 e. The van der Waals surface area contributed by atoms with Crippen LogP contribution in [-0.4, -0.2) is 18.7 Å². The number of carbonyl (C=O) groups excluding carboxylic acids is 1. The first-order valence-electron chi connectivity index (χ1n) is 6.20. The molecule has 0 spiro atoms. The summed E-state index contributed by atoms with van der Waals surface area (Å²) in [5, 5.41) is 0. The van der Waals surface area contributed by atoms with Gasteiger partial charge in [-0.3, -0.25) is 0 Å². The number of rotatable bonds is 7. The van der Waals surface area contributed by atoms with E-state index in [1.165, 1.54) is 0 Å². The summed E-state index contributed by atoms with van der Waals surface area (Å²) in [4.78, 5) is 11.7. The van der Waals surface area contributed by atoms with E-state index in [0.717, 1.165) is 16.5 Å². The first kappa shape index (κ1) is 15.2. The molecule has 0 saturated carbocycles. The van der Waals surface area contributed by atoms with Crippen LogP contribution in [0.1, 0.15) is 32.3 Å². The zero-order chi connectivity index (χ0) is 13.4. The normalized spacial score (nSPS) is 12.2. The average molecular weight is 315 g/mol. The van der Waals surface area contributed by atoms with Crippen LogP contribution in [0.2, 0.25) is 0 Å². The van der Waals surface area contributed by atoms with Crippen molar-refractivity contribution in [2.24, 2.45) is 0 Å². The van der Waals surface area contributed by atoms with Gasteiger partial charge in [0.15, 0.2) is 6.10 Å². The van der Waals surface area contributed by atoms with E-state index in [-0.39, 0.29) is 5.97 Å². The Morgan fingerprint density at radius 2 is 1.94 bits per heavy atom. The van der Waals surface area contributed by atoms with Gasteiger partial charge >= 0.3 is 5.97 Å². The van der Waals surface area contributed by atoms with Crippen LogP contribution in [0.25, 0.3) is 0 Å². The monoisotopic (exact) mass is 314 g/mol. The van der Waals surface area contributed by atoms with Crippen LogP contribution in [0.5, 0.6) is 0 Å². The van der Waals surface area contributed by atoms with E-state index in [2.05, 4.69) is 15.9 Å². The minimum absolute atomic E-state index is 0.267. The highest BCUT2D eigenvalue weighted by molar-refractivity contribution is 9.10. The van der Waals surface area contributed by atoms with E-state index >= 15 is 0 Å². The molecule has 1 aromatic rings. The van der Waals surface area contributed by atoms with E-state index in [0.29, 0.717) is 19.6 Å². The maximum atomic E-state index is 11.7. The van der Waals surface area contributed by atoms with Gasteiger partial charge in [0.05, 0.1) is 13.2 Å². The molecule has 100 valence electrons. The molecule has 0 N–H and O–H groups in total. The molecular formula is C14H19BrO3. The van der Waals surface area contributed by atoms with Crippen molar-refractivity contribution in [2.75, 3.05) is 6.61 Å². The second kappa shape index (κ2) is 8.27. The van der Waals surface area contributed by atoms with Crippen molar-refractivity contribution >= 4 is 21.9 Å². The second-order valence-electron chi connectivity index (χ2n) is 3.97. The molecule has 0 amide bonds. The third-order valence-electron chi connectivity index (χ3n) is 2.46. The Morgan fingerprint density at radius 1 is 1.28 bits per heavy atom. The summed E-state index contributed by atoms with van der Waals surface area (Å²) in [7, 11) is 0. The molecule has 0 radical (unpaired) electrons. The van der Waals surface area contributed by atoms with E-state index < -0.39 is 6.10 Å². The zero-order valence-electron chi connectivity index (χ0n) is 10.8. The Bertz CT molecular complexity index is 362. The van der Waals surface area contributed by atoms with Crippen molar-refractivity contribution in [3.8, 4) is 0 Å². The van der Waals surface area contributed by atoms with Crippen LogP contribution < -0.4 is 0 Å². The van der Waals surface area contributed by atoms with Gasteiger partial charge in [-0.05, 0) is 31.0 Å². The fourth-order valence-corrected chi connectivity index (χ4v) is 1.81. The molecular weight excluding hydrogens is 296 g/mol. The first-order valence-corrected chi connectivity index (χ1v) is 6.99. The Hall–Kier alpha value is -0.870. The van der Waals surface area contributed by atoms with Gasteiger partial charge in [-0.1, -0.05) is 41.4 Å². The summed E-state index contributed by atoms with van der Waals surface area (Å²) in [6.07, 6.45) is 1.12. The second-order valence-corrected chi connectivity index (χ2v) is 4.88. The lowest BCUT2D eigenvalue weighted by Crippen LogP contribution is -2.26. The SMILES string of the molecule is CCCC(OCc1ccc(Br)cc1)C(=O)OCC. The molecule has 1 rings (SSSR count). The van der Waals surface area contributed by atoms with Crippen molar-refractivity contribution in [3.05, 3.63) is 34.3 Å². The van der Waals surface area contributed by atoms with Crippen molar-refractivity contribution in [2.45, 2.75) is 39.4 Å². The molecule has 1 atom stereocenters. The summed E-state index contributed by atoms with van der Waals surface area (Å²) in [6, 6.07) is 7.85. The van der Waals surface area contributed by atoms with Crippen LogP contribution in [0.15, 0.2) is 28.7 Å². The molecule has 0 heterocycles. The van der Waals surface area contributed by atoms with Crippen LogP contribution in [0.3, 0.4) is 0 Å². The maximum absolute atomic E-state index is 11.7. The number of benzene rings is 1. The minimum Gasteiger partial charge on any atom is -0.464 e. The molecule has 0 fully saturated rings. The fraction of sp³-hybridized carbons (Fsp3) is 0.500. The van der Waals surface area contributed by atoms with E-state index in [1.807, 2.05) is 31.2 Å². The zero-order valence-corrected chi connectivity index (χ0v) is 12.4. The van der Waals surface area contributed by atoms with Gasteiger partial charge in [0.1, 0.15) is 0 Å². The summed E-state index contributed by atoms with van der Waals surface area (Å²) >= 11 is 3.38. The Kier molecular flexibility index (Phi) is 6.98. The summed E-state index contributed by atoms with van der Waals surface area (Å²) in [5.74, 6) is -0.267. The van der Waals surface area contributed by atoms with Gasteiger partial charge in [-0.2, -0.15) is 0 Å². The van der Waals surface area contributed by atoms with Crippen molar-refractivity contribution in [3.63, 3.8) is 0 Å². The molecule has 0 aromatic heterocycles. The Labute approximate surface area is 117 Å². The topological polar surface area (TPSA) is 35.5 Å². The number of ether oxygens (including phenoxy) is 2. The first-order chi connectivity index (χ1) is 8.67. The third kappa shape index (κ3) is 5.19. The number of halogens is 1. The van der Waals surface area contributed by atoms with Gasteiger partial charge in [0, 0.05) is 4.47 Å². The minimum atomic E-state index is -0.460. The number of hydrogen-bond acceptors (Lipinski definition) is 3. The third-order valence-corrected chi connectivity index (χ3v) is 2.99. The highest BCUT2D eigenvalue weighted by Gasteiger charge is 2.19. The van der Waals surface area contributed by atoms with Crippen LogP contribution in [0.4, 0.5) is 0 Å². The Balaban J connectivity index is 2.51. The van der Waals surface area contributed by atoms with E-state index in [4.69, 9.17) is 9.47 Å². The predicted octanol–water partition coefficient (Wildman–Crippen LogP) is 3.70.